The molecular weight excluding hydrogens is 389 g/mol. The number of amides is 2. The van der Waals surface area contributed by atoms with Crippen LogP contribution in [0.1, 0.15) is 4.88 Å². The fourth-order valence-corrected chi connectivity index (χ4v) is 2.88. The second kappa shape index (κ2) is 9.54. The minimum absolute atomic E-state index is 0. The van der Waals surface area contributed by atoms with E-state index in [4.69, 9.17) is 5.73 Å². The average molecular weight is 404 g/mol. The van der Waals surface area contributed by atoms with Gasteiger partial charge in [0.2, 0.25) is 11.8 Å². The van der Waals surface area contributed by atoms with Gasteiger partial charge >= 0.3 is 0 Å². The Morgan fingerprint density at radius 1 is 1.28 bits per heavy atom. The molecule has 1 rings (SSSR count). The van der Waals surface area contributed by atoms with E-state index in [1.54, 1.807) is 11.3 Å². The van der Waals surface area contributed by atoms with Gasteiger partial charge in [-0.1, -0.05) is 0 Å². The Labute approximate surface area is 129 Å². The number of hydrogen-bond acceptors (Lipinski definition) is 4. The first kappa shape index (κ1) is 17.6. The van der Waals surface area contributed by atoms with Crippen LogP contribution < -0.4 is 16.4 Å². The molecule has 1 aromatic rings. The molecule has 0 aliphatic rings. The van der Waals surface area contributed by atoms with Crippen molar-refractivity contribution in [1.82, 2.24) is 10.6 Å². The Kier molecular flexibility index (Phi) is 9.34. The van der Waals surface area contributed by atoms with Gasteiger partial charge < -0.3 is 16.4 Å². The van der Waals surface area contributed by atoms with Crippen molar-refractivity contribution in [2.24, 2.45) is 5.73 Å². The summed E-state index contributed by atoms with van der Waals surface area (Å²) in [5.74, 6) is -0.522. The van der Waals surface area contributed by atoms with E-state index in [9.17, 15) is 9.59 Å². The van der Waals surface area contributed by atoms with E-state index >= 15 is 0 Å². The third-order valence-corrected chi connectivity index (χ3v) is 3.91. The number of thiophene rings is 1. The van der Waals surface area contributed by atoms with Crippen molar-refractivity contribution in [2.45, 2.75) is 6.42 Å². The summed E-state index contributed by atoms with van der Waals surface area (Å²) in [6.45, 7) is 0.465. The van der Waals surface area contributed by atoms with Crippen LogP contribution in [0.2, 0.25) is 0 Å². The molecule has 1 aromatic heterocycles. The highest BCUT2D eigenvalue weighted by molar-refractivity contribution is 14.1. The zero-order valence-corrected chi connectivity index (χ0v) is 13.4. The third-order valence-electron chi connectivity index (χ3n) is 1.95. The zero-order chi connectivity index (χ0) is 12.7. The first-order chi connectivity index (χ1) is 8.11. The molecule has 0 spiro atoms. The van der Waals surface area contributed by atoms with Crippen molar-refractivity contribution in [3.05, 3.63) is 19.9 Å². The number of hydrogen-bond donors (Lipinski definition) is 3. The smallest absolute Gasteiger partial charge is 0.239 e. The van der Waals surface area contributed by atoms with Crippen LogP contribution in [-0.4, -0.2) is 31.4 Å². The summed E-state index contributed by atoms with van der Waals surface area (Å²) in [6, 6.07) is 4.10. The van der Waals surface area contributed by atoms with E-state index in [0.717, 1.165) is 6.42 Å². The molecule has 18 heavy (non-hydrogen) atoms. The summed E-state index contributed by atoms with van der Waals surface area (Å²) in [6.07, 6.45) is 0.810. The minimum atomic E-state index is -0.326. The van der Waals surface area contributed by atoms with E-state index < -0.39 is 0 Å². The van der Waals surface area contributed by atoms with Gasteiger partial charge in [-0.05, 0) is 41.1 Å². The molecule has 8 heteroatoms. The molecule has 0 atom stereocenters. The van der Waals surface area contributed by atoms with Crippen molar-refractivity contribution in [1.29, 1.82) is 0 Å². The van der Waals surface area contributed by atoms with Crippen LogP contribution in [0.15, 0.2) is 12.1 Å². The number of nitrogens with one attached hydrogen (secondary N) is 2. The van der Waals surface area contributed by atoms with Crippen molar-refractivity contribution in [3.63, 3.8) is 0 Å². The van der Waals surface area contributed by atoms with E-state index in [0.29, 0.717) is 6.54 Å². The molecule has 0 aliphatic carbocycles. The summed E-state index contributed by atoms with van der Waals surface area (Å²) >= 11 is 3.97. The monoisotopic (exact) mass is 403 g/mol. The molecule has 0 saturated heterocycles. The molecule has 0 fully saturated rings. The second-order valence-corrected chi connectivity index (χ2v) is 6.35. The lowest BCUT2D eigenvalue weighted by Gasteiger charge is -2.05. The third kappa shape index (κ3) is 7.14. The first-order valence-corrected chi connectivity index (χ1v) is 6.99. The standard InChI is InChI=1S/C10H14IN3O2S.ClH/c11-8-2-1-7(17-8)3-4-13-10(16)6-14-9(15)5-12;/h1-2H,3-6,12H2,(H,13,16)(H,14,15);1H. The van der Waals surface area contributed by atoms with Crippen LogP contribution in [0.3, 0.4) is 0 Å². The molecule has 0 aliphatic heterocycles. The van der Waals surface area contributed by atoms with E-state index in [1.807, 2.05) is 6.07 Å². The van der Waals surface area contributed by atoms with Crippen LogP contribution in [0, 0.1) is 2.88 Å². The Balaban J connectivity index is 0.00000289. The molecule has 1 heterocycles. The summed E-state index contributed by atoms with van der Waals surface area (Å²) in [7, 11) is 0. The summed E-state index contributed by atoms with van der Waals surface area (Å²) in [4.78, 5) is 23.3. The van der Waals surface area contributed by atoms with Gasteiger partial charge in [-0.2, -0.15) is 0 Å². The lowest BCUT2D eigenvalue weighted by atomic mass is 10.3. The molecule has 0 aromatic carbocycles. The second-order valence-electron chi connectivity index (χ2n) is 3.29. The Morgan fingerprint density at radius 2 is 2.00 bits per heavy atom. The first-order valence-electron chi connectivity index (χ1n) is 5.09. The number of rotatable bonds is 6. The van der Waals surface area contributed by atoms with E-state index in [1.165, 1.54) is 7.76 Å². The molecule has 0 saturated carbocycles. The highest BCUT2D eigenvalue weighted by Crippen LogP contribution is 2.18. The van der Waals surface area contributed by atoms with Crippen molar-refractivity contribution in [3.8, 4) is 0 Å². The van der Waals surface area contributed by atoms with Gasteiger partial charge in [-0.15, -0.1) is 23.7 Å². The van der Waals surface area contributed by atoms with Gasteiger partial charge in [0, 0.05) is 11.4 Å². The predicted molar refractivity (Wildman–Crippen MR) is 83.1 cm³/mol. The van der Waals surface area contributed by atoms with Crippen LogP contribution in [0.4, 0.5) is 0 Å². The van der Waals surface area contributed by atoms with Crippen LogP contribution in [0.25, 0.3) is 0 Å². The van der Waals surface area contributed by atoms with Gasteiger partial charge in [0.15, 0.2) is 0 Å². The van der Waals surface area contributed by atoms with Gasteiger partial charge in [0.25, 0.3) is 0 Å². The Hall–Kier alpha value is -0.380. The van der Waals surface area contributed by atoms with Crippen molar-refractivity contribution < 1.29 is 9.59 Å². The normalized spacial score (nSPS) is 9.44. The molecule has 102 valence electrons. The Morgan fingerprint density at radius 3 is 2.56 bits per heavy atom. The van der Waals surface area contributed by atoms with Crippen molar-refractivity contribution in [2.75, 3.05) is 19.6 Å². The molecular formula is C10H15ClIN3O2S. The minimum Gasteiger partial charge on any atom is -0.354 e. The SMILES string of the molecule is Cl.NCC(=O)NCC(=O)NCCc1ccc(I)s1. The zero-order valence-electron chi connectivity index (χ0n) is 9.57. The molecule has 0 unspecified atom stereocenters. The molecule has 0 radical (unpaired) electrons. The highest BCUT2D eigenvalue weighted by atomic mass is 127. The van der Waals surface area contributed by atoms with Gasteiger partial charge in [-0.25, -0.2) is 0 Å². The number of carbonyl (C=O) groups excluding carboxylic acids is 2. The number of nitrogens with two attached hydrogens (primary N) is 1. The maximum Gasteiger partial charge on any atom is 0.239 e. The quantitative estimate of drug-likeness (QED) is 0.605. The summed E-state index contributed by atoms with van der Waals surface area (Å²) in [5, 5.41) is 5.14. The molecule has 2 amide bonds. The fraction of sp³-hybridized carbons (Fsp3) is 0.400. The molecule has 4 N–H and O–H groups in total. The summed E-state index contributed by atoms with van der Waals surface area (Å²) < 4.78 is 1.24. The number of halogens is 2. The maximum absolute atomic E-state index is 11.3. The molecule has 0 bridgehead atoms. The van der Waals surface area contributed by atoms with Gasteiger partial charge in [0.1, 0.15) is 0 Å². The summed E-state index contributed by atoms with van der Waals surface area (Å²) in [5.41, 5.74) is 5.09. The maximum atomic E-state index is 11.3. The largest absolute Gasteiger partial charge is 0.354 e. The predicted octanol–water partition coefficient (Wildman–Crippen LogP) is 0.508. The van der Waals surface area contributed by atoms with Crippen LogP contribution in [-0.2, 0) is 16.0 Å². The van der Waals surface area contributed by atoms with Gasteiger partial charge in [-0.3, -0.25) is 9.59 Å². The topological polar surface area (TPSA) is 84.2 Å². The fourth-order valence-electron chi connectivity index (χ4n) is 1.12. The highest BCUT2D eigenvalue weighted by Gasteiger charge is 2.03. The lowest BCUT2D eigenvalue weighted by Crippen LogP contribution is -2.39. The van der Waals surface area contributed by atoms with Crippen LogP contribution >= 0.6 is 46.3 Å². The molecule has 5 nitrogen and oxygen atoms in total. The van der Waals surface area contributed by atoms with Crippen molar-refractivity contribution >= 4 is 58.1 Å². The lowest BCUT2D eigenvalue weighted by molar-refractivity contribution is -0.125. The average Bonchev–Trinajstić information content (AvgIpc) is 2.72. The van der Waals surface area contributed by atoms with Gasteiger partial charge in [0.05, 0.1) is 16.0 Å². The van der Waals surface area contributed by atoms with E-state index in [-0.39, 0.29) is 37.3 Å². The van der Waals surface area contributed by atoms with E-state index in [2.05, 4.69) is 39.3 Å². The van der Waals surface area contributed by atoms with Crippen LogP contribution in [0.5, 0.6) is 0 Å². The number of carbonyl (C=O) groups is 2. The Bertz CT molecular complexity index is 400.